The SMILES string of the molecule is Cc1nc(C)n(CCC(=O)N2CCC(c3ncc(Cl)cc3S(C)(=O)=O)CC2)n1. The summed E-state index contributed by atoms with van der Waals surface area (Å²) in [7, 11) is -3.42. The van der Waals surface area contributed by atoms with Crippen LogP contribution in [0.4, 0.5) is 0 Å². The minimum Gasteiger partial charge on any atom is -0.343 e. The Morgan fingerprint density at radius 3 is 2.54 bits per heavy atom. The van der Waals surface area contributed by atoms with Gasteiger partial charge in [-0.25, -0.2) is 18.1 Å². The average Bonchev–Trinajstić information content (AvgIpc) is 2.96. The van der Waals surface area contributed by atoms with E-state index in [0.717, 1.165) is 12.1 Å². The van der Waals surface area contributed by atoms with Crippen LogP contribution in [0, 0.1) is 13.8 Å². The second-order valence-electron chi connectivity index (χ2n) is 7.14. The van der Waals surface area contributed by atoms with Crippen LogP contribution < -0.4 is 0 Å². The maximum atomic E-state index is 12.5. The van der Waals surface area contributed by atoms with Crippen molar-refractivity contribution in [2.45, 2.75) is 50.5 Å². The van der Waals surface area contributed by atoms with Gasteiger partial charge in [-0.2, -0.15) is 5.10 Å². The summed E-state index contributed by atoms with van der Waals surface area (Å²) in [6.07, 6.45) is 4.35. The van der Waals surface area contributed by atoms with Crippen molar-refractivity contribution in [3.05, 3.63) is 34.6 Å². The molecule has 0 aliphatic carbocycles. The Morgan fingerprint density at radius 1 is 1.29 bits per heavy atom. The molecule has 1 amide bonds. The van der Waals surface area contributed by atoms with Crippen molar-refractivity contribution in [3.8, 4) is 0 Å². The molecule has 3 rings (SSSR count). The standard InChI is InChI=1S/C18H24ClN5O3S/c1-12-21-13(2)24(22-12)9-6-17(25)23-7-4-14(5-8-23)18-16(28(3,26)27)10-15(19)11-20-18/h10-11,14H,4-9H2,1-3H3. The average molecular weight is 426 g/mol. The molecule has 0 unspecified atom stereocenters. The van der Waals surface area contributed by atoms with Gasteiger partial charge in [0.1, 0.15) is 11.6 Å². The molecule has 10 heteroatoms. The molecule has 0 aromatic carbocycles. The largest absolute Gasteiger partial charge is 0.343 e. The maximum absolute atomic E-state index is 12.5. The smallest absolute Gasteiger partial charge is 0.224 e. The number of pyridine rings is 1. The van der Waals surface area contributed by atoms with Gasteiger partial charge in [0.25, 0.3) is 0 Å². The third-order valence-corrected chi connectivity index (χ3v) is 6.31. The molecule has 8 nitrogen and oxygen atoms in total. The number of halogens is 1. The number of amides is 1. The van der Waals surface area contributed by atoms with E-state index in [-0.39, 0.29) is 16.7 Å². The first-order chi connectivity index (χ1) is 13.1. The normalized spacial score (nSPS) is 15.8. The van der Waals surface area contributed by atoms with Gasteiger partial charge in [-0.1, -0.05) is 11.6 Å². The monoisotopic (exact) mass is 425 g/mol. The Hall–Kier alpha value is -2.00. The van der Waals surface area contributed by atoms with E-state index in [9.17, 15) is 13.2 Å². The summed E-state index contributed by atoms with van der Waals surface area (Å²) in [6, 6.07) is 1.46. The molecule has 1 saturated heterocycles. The number of carbonyl (C=O) groups excluding carboxylic acids is 1. The van der Waals surface area contributed by atoms with Crippen LogP contribution in [0.15, 0.2) is 17.2 Å². The molecule has 0 bridgehead atoms. The van der Waals surface area contributed by atoms with E-state index >= 15 is 0 Å². The van der Waals surface area contributed by atoms with Crippen molar-refractivity contribution in [2.24, 2.45) is 0 Å². The lowest BCUT2D eigenvalue weighted by Crippen LogP contribution is -2.38. The fraction of sp³-hybridized carbons (Fsp3) is 0.556. The van der Waals surface area contributed by atoms with Crippen molar-refractivity contribution in [2.75, 3.05) is 19.3 Å². The summed E-state index contributed by atoms with van der Waals surface area (Å²) in [5.41, 5.74) is 0.549. The molecule has 3 heterocycles. The topological polar surface area (TPSA) is 98.0 Å². The highest BCUT2D eigenvalue weighted by Gasteiger charge is 2.28. The van der Waals surface area contributed by atoms with Crippen molar-refractivity contribution < 1.29 is 13.2 Å². The van der Waals surface area contributed by atoms with Gasteiger partial charge < -0.3 is 4.90 Å². The molecule has 1 fully saturated rings. The molecule has 0 atom stereocenters. The zero-order valence-electron chi connectivity index (χ0n) is 16.2. The van der Waals surface area contributed by atoms with E-state index in [4.69, 9.17) is 11.6 Å². The molecule has 2 aromatic heterocycles. The minimum atomic E-state index is -3.42. The lowest BCUT2D eigenvalue weighted by Gasteiger charge is -2.32. The van der Waals surface area contributed by atoms with E-state index < -0.39 is 9.84 Å². The summed E-state index contributed by atoms with van der Waals surface area (Å²) in [5.74, 6) is 1.55. The third kappa shape index (κ3) is 4.70. The zero-order valence-corrected chi connectivity index (χ0v) is 17.8. The van der Waals surface area contributed by atoms with Crippen molar-refractivity contribution >= 4 is 27.3 Å². The van der Waals surface area contributed by atoms with Crippen LogP contribution in [0.5, 0.6) is 0 Å². The highest BCUT2D eigenvalue weighted by Crippen LogP contribution is 2.32. The minimum absolute atomic E-state index is 0.00810. The molecule has 0 radical (unpaired) electrons. The highest BCUT2D eigenvalue weighted by atomic mass is 35.5. The third-order valence-electron chi connectivity index (χ3n) is 4.98. The Labute approximate surface area is 169 Å². The number of hydrogen-bond donors (Lipinski definition) is 0. The first-order valence-electron chi connectivity index (χ1n) is 9.16. The zero-order chi connectivity index (χ0) is 20.5. The Kier molecular flexibility index (Phi) is 6.04. The Morgan fingerprint density at radius 2 is 1.96 bits per heavy atom. The predicted molar refractivity (Wildman–Crippen MR) is 105 cm³/mol. The lowest BCUT2D eigenvalue weighted by molar-refractivity contribution is -0.132. The van der Waals surface area contributed by atoms with Gasteiger partial charge >= 0.3 is 0 Å². The number of rotatable bonds is 5. The molecule has 1 aliphatic heterocycles. The van der Waals surface area contributed by atoms with E-state index in [1.54, 1.807) is 4.68 Å². The molecule has 0 spiro atoms. The van der Waals surface area contributed by atoms with Crippen LogP contribution in [-0.2, 0) is 21.2 Å². The second-order valence-corrected chi connectivity index (χ2v) is 9.56. The number of aryl methyl sites for hydroxylation is 3. The van der Waals surface area contributed by atoms with Gasteiger partial charge in [0.2, 0.25) is 5.91 Å². The summed E-state index contributed by atoms with van der Waals surface area (Å²) in [5, 5.41) is 4.58. The summed E-state index contributed by atoms with van der Waals surface area (Å²) < 4.78 is 25.9. The Balaban J connectivity index is 1.62. The Bertz CT molecular complexity index is 981. The van der Waals surface area contributed by atoms with E-state index in [2.05, 4.69) is 15.1 Å². The first-order valence-corrected chi connectivity index (χ1v) is 11.4. The molecule has 0 saturated carbocycles. The molecule has 152 valence electrons. The van der Waals surface area contributed by atoms with E-state index in [0.29, 0.717) is 55.4 Å². The first kappa shape index (κ1) is 20.7. The van der Waals surface area contributed by atoms with Gasteiger partial charge in [-0.15, -0.1) is 0 Å². The fourth-order valence-corrected chi connectivity index (χ4v) is 4.73. The number of sulfone groups is 1. The van der Waals surface area contributed by atoms with E-state index in [1.165, 1.54) is 12.3 Å². The lowest BCUT2D eigenvalue weighted by atomic mass is 9.93. The molecular weight excluding hydrogens is 402 g/mol. The van der Waals surface area contributed by atoms with Crippen molar-refractivity contribution in [1.29, 1.82) is 0 Å². The van der Waals surface area contributed by atoms with Gasteiger partial charge in [-0.3, -0.25) is 9.78 Å². The van der Waals surface area contributed by atoms with Gasteiger partial charge in [0.15, 0.2) is 9.84 Å². The van der Waals surface area contributed by atoms with Gasteiger partial charge in [0, 0.05) is 37.9 Å². The summed E-state index contributed by atoms with van der Waals surface area (Å²) in [6.45, 7) is 5.35. The van der Waals surface area contributed by atoms with Gasteiger partial charge in [0.05, 0.1) is 22.2 Å². The van der Waals surface area contributed by atoms with Gasteiger partial charge in [-0.05, 0) is 32.8 Å². The number of carbonyl (C=O) groups is 1. The van der Waals surface area contributed by atoms with Crippen LogP contribution >= 0.6 is 11.6 Å². The fourth-order valence-electron chi connectivity index (χ4n) is 3.57. The predicted octanol–water partition coefficient (Wildman–Crippen LogP) is 2.14. The van der Waals surface area contributed by atoms with Crippen LogP contribution in [0.25, 0.3) is 0 Å². The molecule has 1 aliphatic rings. The van der Waals surface area contributed by atoms with Crippen LogP contribution in [0.1, 0.15) is 42.5 Å². The number of hydrogen-bond acceptors (Lipinski definition) is 6. The molecule has 2 aromatic rings. The summed E-state index contributed by atoms with van der Waals surface area (Å²) >= 11 is 5.93. The molecule has 28 heavy (non-hydrogen) atoms. The quantitative estimate of drug-likeness (QED) is 0.727. The highest BCUT2D eigenvalue weighted by molar-refractivity contribution is 7.90. The maximum Gasteiger partial charge on any atom is 0.224 e. The van der Waals surface area contributed by atoms with E-state index in [1.807, 2.05) is 18.7 Å². The summed E-state index contributed by atoms with van der Waals surface area (Å²) in [4.78, 5) is 23.1. The number of likely N-dealkylation sites (tertiary alicyclic amines) is 1. The van der Waals surface area contributed by atoms with Crippen molar-refractivity contribution in [1.82, 2.24) is 24.6 Å². The number of piperidine rings is 1. The second kappa shape index (κ2) is 8.16. The molecular formula is C18H24ClN5O3S. The number of aromatic nitrogens is 4. The van der Waals surface area contributed by atoms with Crippen LogP contribution in [-0.4, -0.2) is 58.3 Å². The molecule has 0 N–H and O–H groups in total. The van der Waals surface area contributed by atoms with Crippen LogP contribution in [0.3, 0.4) is 0 Å². The van der Waals surface area contributed by atoms with Crippen molar-refractivity contribution in [3.63, 3.8) is 0 Å². The number of nitrogens with zero attached hydrogens (tertiary/aromatic N) is 5. The van der Waals surface area contributed by atoms with Crippen LogP contribution in [0.2, 0.25) is 5.02 Å².